The molecule has 2 rings (SSSR count). The Hall–Kier alpha value is -0.00571. The zero-order chi connectivity index (χ0) is 16.8. The monoisotopic (exact) mass is 413 g/mol. The van der Waals surface area contributed by atoms with Crippen molar-refractivity contribution >= 4 is 5.57 Å². The zero-order valence-corrected chi connectivity index (χ0v) is 20.1. The minimum atomic E-state index is 0. The predicted octanol–water partition coefficient (Wildman–Crippen LogP) is 0.889. The van der Waals surface area contributed by atoms with Crippen LogP contribution in [0.2, 0.25) is 0 Å². The molecule has 0 spiro atoms. The molecule has 25 heavy (non-hydrogen) atoms. The van der Waals surface area contributed by atoms with Crippen LogP contribution in [-0.2, 0) is 21.7 Å². The fourth-order valence-corrected chi connectivity index (χ4v) is 3.67. The standard InChI is InChI=1S/C22H31.2ClH.Ti/c1-13(2)18-10-11-19(20(12-18)14(3)4)21-16(6)15(5)17(7)22(21,8)9;;;/h10-11,13-14H,1-9H3;2*1H;/q-1;;;+3/p-2. The summed E-state index contributed by atoms with van der Waals surface area (Å²) < 4.78 is 0. The number of benzene rings is 1. The van der Waals surface area contributed by atoms with Crippen LogP contribution in [0.1, 0.15) is 90.8 Å². The Morgan fingerprint density at radius 1 is 0.840 bits per heavy atom. The first-order valence-corrected chi connectivity index (χ1v) is 8.55. The van der Waals surface area contributed by atoms with Gasteiger partial charge in [-0.25, -0.2) is 0 Å². The van der Waals surface area contributed by atoms with Crippen molar-refractivity contribution in [2.45, 2.75) is 74.1 Å². The first-order chi connectivity index (χ1) is 10.1. The predicted molar refractivity (Wildman–Crippen MR) is 98.2 cm³/mol. The van der Waals surface area contributed by atoms with Gasteiger partial charge in [0.15, 0.2) is 0 Å². The molecule has 0 bridgehead atoms. The fourth-order valence-electron chi connectivity index (χ4n) is 3.67. The SMILES string of the molecule is CC1=C(C)C(C)(C)C(c2ccc(C(C)C)[c-]c2C(C)C)=C1C.[Cl-].[Cl-].[Ti+3]. The molecule has 1 aromatic carbocycles. The van der Waals surface area contributed by atoms with Crippen LogP contribution in [-0.4, -0.2) is 0 Å². The molecule has 0 atom stereocenters. The van der Waals surface area contributed by atoms with E-state index in [-0.39, 0.29) is 51.9 Å². The van der Waals surface area contributed by atoms with Crippen molar-refractivity contribution in [1.82, 2.24) is 0 Å². The Balaban J connectivity index is 0. The number of hydrogen-bond donors (Lipinski definition) is 0. The summed E-state index contributed by atoms with van der Waals surface area (Å²) >= 11 is 0. The van der Waals surface area contributed by atoms with E-state index >= 15 is 0 Å². The van der Waals surface area contributed by atoms with Crippen LogP contribution >= 0.6 is 0 Å². The molecular formula is C22H31Cl2Ti. The molecule has 137 valence electrons. The van der Waals surface area contributed by atoms with Gasteiger partial charge in [0, 0.05) is 5.41 Å². The van der Waals surface area contributed by atoms with Gasteiger partial charge in [0.05, 0.1) is 0 Å². The van der Waals surface area contributed by atoms with E-state index in [9.17, 15) is 0 Å². The Morgan fingerprint density at radius 2 is 1.36 bits per heavy atom. The Kier molecular flexibility index (Phi) is 10.7. The number of halogens is 2. The quantitative estimate of drug-likeness (QED) is 0.509. The van der Waals surface area contributed by atoms with Crippen molar-refractivity contribution in [2.75, 3.05) is 0 Å². The number of allylic oxidation sites excluding steroid dienone is 4. The molecule has 0 amide bonds. The largest absolute Gasteiger partial charge is 3.00 e. The molecule has 3 heteroatoms. The van der Waals surface area contributed by atoms with E-state index in [4.69, 9.17) is 0 Å². The molecule has 1 radical (unpaired) electrons. The van der Waals surface area contributed by atoms with Crippen molar-refractivity contribution in [3.8, 4) is 0 Å². The summed E-state index contributed by atoms with van der Waals surface area (Å²) in [5, 5.41) is 0. The molecular weight excluding hydrogens is 383 g/mol. The summed E-state index contributed by atoms with van der Waals surface area (Å²) in [4.78, 5) is 0. The summed E-state index contributed by atoms with van der Waals surface area (Å²) in [6.45, 7) is 20.6. The molecule has 1 aliphatic carbocycles. The van der Waals surface area contributed by atoms with Crippen LogP contribution in [0.5, 0.6) is 0 Å². The zero-order valence-electron chi connectivity index (χ0n) is 17.1. The Morgan fingerprint density at radius 3 is 1.72 bits per heavy atom. The average Bonchev–Trinajstić information content (AvgIpc) is 2.58. The van der Waals surface area contributed by atoms with Gasteiger partial charge in [-0.3, -0.25) is 0 Å². The maximum atomic E-state index is 3.72. The molecule has 0 saturated heterocycles. The van der Waals surface area contributed by atoms with E-state index in [0.717, 1.165) is 0 Å². The van der Waals surface area contributed by atoms with Gasteiger partial charge in [-0.2, -0.15) is 29.3 Å². The molecule has 0 fully saturated rings. The van der Waals surface area contributed by atoms with Gasteiger partial charge in [0.2, 0.25) is 0 Å². The summed E-state index contributed by atoms with van der Waals surface area (Å²) in [5.74, 6) is 1.02. The van der Waals surface area contributed by atoms with Crippen LogP contribution in [0.3, 0.4) is 0 Å². The first-order valence-electron chi connectivity index (χ1n) is 8.55. The second-order valence-electron chi connectivity index (χ2n) is 7.93. The second kappa shape index (κ2) is 9.79. The Labute approximate surface area is 182 Å². The van der Waals surface area contributed by atoms with E-state index in [0.29, 0.717) is 11.8 Å². The smallest absolute Gasteiger partial charge is 1.00 e. The Bertz CT molecular complexity index is 665. The molecule has 0 saturated carbocycles. The summed E-state index contributed by atoms with van der Waals surface area (Å²) in [5.41, 5.74) is 10.1. The van der Waals surface area contributed by atoms with Crippen LogP contribution in [0, 0.1) is 11.5 Å². The molecule has 1 aromatic rings. The maximum absolute atomic E-state index is 3.72. The summed E-state index contributed by atoms with van der Waals surface area (Å²) in [6, 6.07) is 8.33. The van der Waals surface area contributed by atoms with Gasteiger partial charge < -0.3 is 24.8 Å². The minimum Gasteiger partial charge on any atom is -1.00 e. The second-order valence-corrected chi connectivity index (χ2v) is 7.93. The van der Waals surface area contributed by atoms with Crippen molar-refractivity contribution in [2.24, 2.45) is 5.41 Å². The van der Waals surface area contributed by atoms with E-state index in [2.05, 4.69) is 80.5 Å². The van der Waals surface area contributed by atoms with Crippen LogP contribution < -0.4 is 24.8 Å². The van der Waals surface area contributed by atoms with Crippen molar-refractivity contribution in [3.05, 3.63) is 51.6 Å². The van der Waals surface area contributed by atoms with Gasteiger partial charge >= 0.3 is 21.7 Å². The number of rotatable bonds is 3. The van der Waals surface area contributed by atoms with Gasteiger partial charge in [0.1, 0.15) is 0 Å². The summed E-state index contributed by atoms with van der Waals surface area (Å²) in [7, 11) is 0. The third-order valence-corrected chi connectivity index (χ3v) is 5.53. The molecule has 0 nitrogen and oxygen atoms in total. The van der Waals surface area contributed by atoms with Gasteiger partial charge in [-0.1, -0.05) is 58.3 Å². The average molecular weight is 414 g/mol. The maximum Gasteiger partial charge on any atom is 3.00 e. The van der Waals surface area contributed by atoms with Gasteiger partial charge in [0.25, 0.3) is 0 Å². The van der Waals surface area contributed by atoms with Gasteiger partial charge in [-0.05, 0) is 38.2 Å². The molecule has 0 aliphatic heterocycles. The summed E-state index contributed by atoms with van der Waals surface area (Å²) in [6.07, 6.45) is 0. The molecule has 0 heterocycles. The first kappa shape index (κ1) is 27.2. The third kappa shape index (κ3) is 4.84. The van der Waals surface area contributed by atoms with Crippen molar-refractivity contribution in [1.29, 1.82) is 0 Å². The van der Waals surface area contributed by atoms with Crippen LogP contribution in [0.25, 0.3) is 5.57 Å². The molecule has 1 aliphatic rings. The minimum absolute atomic E-state index is 0. The van der Waals surface area contributed by atoms with E-state index in [1.807, 2.05) is 0 Å². The normalized spacial score (nSPS) is 16.0. The van der Waals surface area contributed by atoms with Crippen molar-refractivity contribution < 1.29 is 46.5 Å². The van der Waals surface area contributed by atoms with Crippen LogP contribution in [0.4, 0.5) is 0 Å². The number of hydrogen-bond acceptors (Lipinski definition) is 0. The fraction of sp³-hybridized carbons (Fsp3) is 0.545. The molecule has 0 N–H and O–H groups in total. The van der Waals surface area contributed by atoms with Crippen molar-refractivity contribution in [3.63, 3.8) is 0 Å². The van der Waals surface area contributed by atoms with E-state index < -0.39 is 0 Å². The van der Waals surface area contributed by atoms with E-state index in [1.165, 1.54) is 39.0 Å². The van der Waals surface area contributed by atoms with Crippen LogP contribution in [0.15, 0.2) is 28.9 Å². The third-order valence-electron chi connectivity index (χ3n) is 5.53. The molecule has 0 unspecified atom stereocenters. The van der Waals surface area contributed by atoms with E-state index in [1.54, 1.807) is 0 Å². The topological polar surface area (TPSA) is 0 Å². The van der Waals surface area contributed by atoms with Gasteiger partial charge in [-0.15, -0.1) is 5.56 Å². The molecule has 0 aromatic heterocycles.